The maximum Gasteiger partial charge on any atom is 0.254 e. The zero-order valence-corrected chi connectivity index (χ0v) is 15.7. The standard InChI is InChI=1S/C19H29N3O3/c1-12-10-22(11-13(2)25-12)18(24)14-6-8-15(9-7-14)21-17(23)16(20)19(3,4)5/h6-9,12-13,16H,10-11,20H2,1-5H3,(H,21,23)/t12?,13?,16-/m1/s1. The number of nitrogens with zero attached hydrogens (tertiary/aromatic N) is 1. The van der Waals surface area contributed by atoms with Gasteiger partial charge in [0, 0.05) is 24.3 Å². The van der Waals surface area contributed by atoms with E-state index in [0.29, 0.717) is 24.3 Å². The lowest BCUT2D eigenvalue weighted by Gasteiger charge is -2.35. The molecule has 1 aromatic carbocycles. The van der Waals surface area contributed by atoms with Crippen molar-refractivity contribution in [2.45, 2.75) is 52.9 Å². The molecule has 1 saturated heterocycles. The van der Waals surface area contributed by atoms with Crippen LogP contribution in [0.25, 0.3) is 0 Å². The highest BCUT2D eigenvalue weighted by atomic mass is 16.5. The zero-order chi connectivity index (χ0) is 18.8. The molecular formula is C19H29N3O3. The molecule has 25 heavy (non-hydrogen) atoms. The molecular weight excluding hydrogens is 318 g/mol. The summed E-state index contributed by atoms with van der Waals surface area (Å²) in [4.78, 5) is 26.6. The minimum atomic E-state index is -0.606. The summed E-state index contributed by atoms with van der Waals surface area (Å²) in [5.74, 6) is -0.256. The van der Waals surface area contributed by atoms with Crippen molar-refractivity contribution in [2.24, 2.45) is 11.1 Å². The van der Waals surface area contributed by atoms with Gasteiger partial charge in [0.05, 0.1) is 18.2 Å². The first-order valence-electron chi connectivity index (χ1n) is 8.69. The molecule has 0 aliphatic carbocycles. The molecule has 0 saturated carbocycles. The predicted molar refractivity (Wildman–Crippen MR) is 98.4 cm³/mol. The number of carbonyl (C=O) groups excluding carboxylic acids is 2. The summed E-state index contributed by atoms with van der Waals surface area (Å²) in [7, 11) is 0. The fourth-order valence-corrected chi connectivity index (χ4v) is 2.84. The Balaban J connectivity index is 2.02. The average Bonchev–Trinajstić information content (AvgIpc) is 2.52. The average molecular weight is 347 g/mol. The molecule has 0 spiro atoms. The Labute approximate surface area is 149 Å². The number of benzene rings is 1. The molecule has 0 bridgehead atoms. The Morgan fingerprint density at radius 2 is 1.68 bits per heavy atom. The van der Waals surface area contributed by atoms with Crippen molar-refractivity contribution >= 4 is 17.5 Å². The number of amides is 2. The van der Waals surface area contributed by atoms with Gasteiger partial charge in [-0.05, 0) is 43.5 Å². The number of hydrogen-bond donors (Lipinski definition) is 2. The predicted octanol–water partition coefficient (Wildman–Crippen LogP) is 2.25. The maximum absolute atomic E-state index is 12.6. The van der Waals surface area contributed by atoms with E-state index in [1.165, 1.54) is 0 Å². The van der Waals surface area contributed by atoms with Gasteiger partial charge in [0.1, 0.15) is 0 Å². The minimum absolute atomic E-state index is 0.0220. The number of morpholine rings is 1. The first-order chi connectivity index (χ1) is 11.6. The second kappa shape index (κ2) is 7.54. The van der Waals surface area contributed by atoms with Crippen LogP contribution in [-0.2, 0) is 9.53 Å². The van der Waals surface area contributed by atoms with Crippen LogP contribution < -0.4 is 11.1 Å². The van der Waals surface area contributed by atoms with E-state index >= 15 is 0 Å². The highest BCUT2D eigenvalue weighted by Crippen LogP contribution is 2.20. The van der Waals surface area contributed by atoms with Gasteiger partial charge < -0.3 is 20.7 Å². The second-order valence-corrected chi connectivity index (χ2v) is 7.88. The monoisotopic (exact) mass is 347 g/mol. The topological polar surface area (TPSA) is 84.7 Å². The number of nitrogens with two attached hydrogens (primary N) is 1. The van der Waals surface area contributed by atoms with Crippen LogP contribution in [0, 0.1) is 5.41 Å². The van der Waals surface area contributed by atoms with E-state index < -0.39 is 6.04 Å². The van der Waals surface area contributed by atoms with Crippen molar-refractivity contribution in [3.8, 4) is 0 Å². The van der Waals surface area contributed by atoms with E-state index in [2.05, 4.69) is 5.32 Å². The third-order valence-corrected chi connectivity index (χ3v) is 4.32. The molecule has 1 heterocycles. The molecule has 1 aliphatic heterocycles. The lowest BCUT2D eigenvalue weighted by Crippen LogP contribution is -2.48. The Hall–Kier alpha value is -1.92. The summed E-state index contributed by atoms with van der Waals surface area (Å²) in [6.45, 7) is 10.9. The van der Waals surface area contributed by atoms with E-state index in [-0.39, 0.29) is 29.4 Å². The van der Waals surface area contributed by atoms with Crippen LogP contribution in [0.15, 0.2) is 24.3 Å². The van der Waals surface area contributed by atoms with Crippen LogP contribution in [0.2, 0.25) is 0 Å². The third kappa shape index (κ3) is 5.03. The van der Waals surface area contributed by atoms with Crippen LogP contribution in [-0.4, -0.2) is 48.1 Å². The SMILES string of the molecule is CC1CN(C(=O)c2ccc(NC(=O)[C@@H](N)C(C)(C)C)cc2)CC(C)O1. The molecule has 1 aliphatic rings. The summed E-state index contributed by atoms with van der Waals surface area (Å²) in [5, 5.41) is 2.80. The highest BCUT2D eigenvalue weighted by molar-refractivity contribution is 5.97. The molecule has 6 heteroatoms. The van der Waals surface area contributed by atoms with Crippen molar-refractivity contribution in [3.05, 3.63) is 29.8 Å². The molecule has 3 N–H and O–H groups in total. The van der Waals surface area contributed by atoms with Crippen LogP contribution in [0.3, 0.4) is 0 Å². The van der Waals surface area contributed by atoms with Crippen LogP contribution >= 0.6 is 0 Å². The van der Waals surface area contributed by atoms with Crippen molar-refractivity contribution in [1.82, 2.24) is 4.90 Å². The van der Waals surface area contributed by atoms with Gasteiger partial charge in [-0.3, -0.25) is 9.59 Å². The summed E-state index contributed by atoms with van der Waals surface area (Å²) < 4.78 is 5.66. The summed E-state index contributed by atoms with van der Waals surface area (Å²) in [6.07, 6.45) is 0.0651. The van der Waals surface area contributed by atoms with Gasteiger partial charge in [-0.25, -0.2) is 0 Å². The molecule has 3 atom stereocenters. The normalized spacial score (nSPS) is 22.4. The van der Waals surface area contributed by atoms with Gasteiger partial charge in [-0.2, -0.15) is 0 Å². The molecule has 2 rings (SSSR count). The van der Waals surface area contributed by atoms with E-state index in [1.54, 1.807) is 24.3 Å². The van der Waals surface area contributed by atoms with Crippen molar-refractivity contribution < 1.29 is 14.3 Å². The van der Waals surface area contributed by atoms with E-state index in [1.807, 2.05) is 39.5 Å². The van der Waals surface area contributed by atoms with Crippen LogP contribution in [0.4, 0.5) is 5.69 Å². The zero-order valence-electron chi connectivity index (χ0n) is 15.7. The molecule has 0 aromatic heterocycles. The third-order valence-electron chi connectivity index (χ3n) is 4.32. The fraction of sp³-hybridized carbons (Fsp3) is 0.579. The lowest BCUT2D eigenvalue weighted by molar-refractivity contribution is -0.119. The molecule has 0 radical (unpaired) electrons. The van der Waals surface area contributed by atoms with Crippen molar-refractivity contribution in [3.63, 3.8) is 0 Å². The highest BCUT2D eigenvalue weighted by Gasteiger charge is 2.28. The van der Waals surface area contributed by atoms with Gasteiger partial charge >= 0.3 is 0 Å². The summed E-state index contributed by atoms with van der Waals surface area (Å²) in [6, 6.07) is 6.31. The molecule has 6 nitrogen and oxygen atoms in total. The molecule has 1 fully saturated rings. The van der Waals surface area contributed by atoms with Crippen molar-refractivity contribution in [2.75, 3.05) is 18.4 Å². The summed E-state index contributed by atoms with van der Waals surface area (Å²) in [5.41, 5.74) is 6.87. The number of rotatable bonds is 3. The molecule has 1 aromatic rings. The largest absolute Gasteiger partial charge is 0.372 e. The Bertz CT molecular complexity index is 612. The number of ether oxygens (including phenoxy) is 1. The minimum Gasteiger partial charge on any atom is -0.372 e. The van der Waals surface area contributed by atoms with Gasteiger partial charge in [-0.15, -0.1) is 0 Å². The van der Waals surface area contributed by atoms with Gasteiger partial charge in [0.15, 0.2) is 0 Å². The Kier molecular flexibility index (Phi) is 5.85. The maximum atomic E-state index is 12.6. The second-order valence-electron chi connectivity index (χ2n) is 7.88. The first-order valence-corrected chi connectivity index (χ1v) is 8.69. The van der Waals surface area contributed by atoms with E-state index in [9.17, 15) is 9.59 Å². The quantitative estimate of drug-likeness (QED) is 0.878. The van der Waals surface area contributed by atoms with E-state index in [4.69, 9.17) is 10.5 Å². The lowest BCUT2D eigenvalue weighted by atomic mass is 9.87. The number of carbonyl (C=O) groups is 2. The van der Waals surface area contributed by atoms with Gasteiger partial charge in [-0.1, -0.05) is 20.8 Å². The Morgan fingerprint density at radius 3 is 2.16 bits per heavy atom. The summed E-state index contributed by atoms with van der Waals surface area (Å²) >= 11 is 0. The fourth-order valence-electron chi connectivity index (χ4n) is 2.84. The van der Waals surface area contributed by atoms with Crippen LogP contribution in [0.5, 0.6) is 0 Å². The smallest absolute Gasteiger partial charge is 0.254 e. The van der Waals surface area contributed by atoms with Crippen molar-refractivity contribution in [1.29, 1.82) is 0 Å². The van der Waals surface area contributed by atoms with Gasteiger partial charge in [0.2, 0.25) is 5.91 Å². The number of nitrogens with one attached hydrogen (secondary N) is 1. The number of anilines is 1. The molecule has 2 amide bonds. The van der Waals surface area contributed by atoms with E-state index in [0.717, 1.165) is 0 Å². The molecule has 2 unspecified atom stereocenters. The molecule has 138 valence electrons. The number of hydrogen-bond acceptors (Lipinski definition) is 4. The Morgan fingerprint density at radius 1 is 1.16 bits per heavy atom. The first kappa shape index (κ1) is 19.4. The van der Waals surface area contributed by atoms with Crippen LogP contribution in [0.1, 0.15) is 45.0 Å². The van der Waals surface area contributed by atoms with Gasteiger partial charge in [0.25, 0.3) is 5.91 Å².